The Morgan fingerprint density at radius 3 is 2.09 bits per heavy atom. The number of urea groups is 1. The predicted octanol–water partition coefficient (Wildman–Crippen LogP) is 7.75. The van der Waals surface area contributed by atoms with E-state index >= 15 is 0 Å². The van der Waals surface area contributed by atoms with Gasteiger partial charge in [0.2, 0.25) is 0 Å². The topological polar surface area (TPSA) is 66.1 Å². The highest BCUT2D eigenvalue weighted by molar-refractivity contribution is 5.91. The third kappa shape index (κ3) is 6.21. The maximum absolute atomic E-state index is 13.3. The van der Waals surface area contributed by atoms with E-state index in [4.69, 9.17) is 0 Å². The number of carbonyl (C=O) groups excluding carboxylic acids is 1. The molecule has 5 nitrogen and oxygen atoms in total. The first kappa shape index (κ1) is 24.8. The van der Waals surface area contributed by atoms with Crippen molar-refractivity contribution in [3.8, 4) is 11.3 Å². The standard InChI is InChI=1S/C30H38N4O/c1-20(2)25-12-9-13-26(21(3)4)28(25)33-30(35)34-29(23-10-5-6-11-23)32-24-17-15-22(16-18-24)27-14-7-8-19-31-27/h7-9,12-21,23,29,32H,5-6,10-11H2,1-4H3,(H2,33,34,35). The van der Waals surface area contributed by atoms with E-state index in [1.165, 1.54) is 24.0 Å². The van der Waals surface area contributed by atoms with E-state index < -0.39 is 0 Å². The average molecular weight is 471 g/mol. The van der Waals surface area contributed by atoms with E-state index in [-0.39, 0.29) is 12.2 Å². The Morgan fingerprint density at radius 1 is 0.857 bits per heavy atom. The minimum absolute atomic E-state index is 0.132. The van der Waals surface area contributed by atoms with Crippen LogP contribution in [0.4, 0.5) is 16.2 Å². The second-order valence-electron chi connectivity index (χ2n) is 10.2. The SMILES string of the molecule is CC(C)c1cccc(C(C)C)c1NC(=O)NC(Nc1ccc(-c2ccccn2)cc1)C1CCCC1. The molecule has 1 fully saturated rings. The number of amides is 2. The molecule has 2 aromatic carbocycles. The zero-order valence-electron chi connectivity index (χ0n) is 21.3. The summed E-state index contributed by atoms with van der Waals surface area (Å²) in [5.74, 6) is 1.05. The third-order valence-electron chi connectivity index (χ3n) is 6.94. The lowest BCUT2D eigenvalue weighted by atomic mass is 9.93. The summed E-state index contributed by atoms with van der Waals surface area (Å²) < 4.78 is 0. The fourth-order valence-electron chi connectivity index (χ4n) is 5.00. The van der Waals surface area contributed by atoms with Gasteiger partial charge in [0.05, 0.1) is 5.69 Å². The van der Waals surface area contributed by atoms with Crippen molar-refractivity contribution in [2.24, 2.45) is 5.92 Å². The normalized spacial score (nSPS) is 14.8. The van der Waals surface area contributed by atoms with E-state index in [2.05, 4.69) is 91.1 Å². The Morgan fingerprint density at radius 2 is 1.51 bits per heavy atom. The molecule has 0 spiro atoms. The molecule has 0 bridgehead atoms. The summed E-state index contributed by atoms with van der Waals surface area (Å²) in [5, 5.41) is 10.1. The maximum atomic E-state index is 13.3. The van der Waals surface area contributed by atoms with Crippen LogP contribution in [0.15, 0.2) is 66.9 Å². The number of hydrogen-bond donors (Lipinski definition) is 3. The molecule has 0 saturated heterocycles. The Balaban J connectivity index is 1.50. The monoisotopic (exact) mass is 470 g/mol. The third-order valence-corrected chi connectivity index (χ3v) is 6.94. The van der Waals surface area contributed by atoms with Gasteiger partial charge in [-0.1, -0.05) is 76.9 Å². The summed E-state index contributed by atoms with van der Waals surface area (Å²) in [6.07, 6.45) is 6.32. The molecule has 1 heterocycles. The molecule has 1 aromatic heterocycles. The molecule has 1 aliphatic rings. The van der Waals surface area contributed by atoms with Crippen LogP contribution in [0.2, 0.25) is 0 Å². The van der Waals surface area contributed by atoms with Crippen LogP contribution in [-0.4, -0.2) is 17.2 Å². The zero-order valence-corrected chi connectivity index (χ0v) is 21.3. The molecular weight excluding hydrogens is 432 g/mol. The second kappa shape index (κ2) is 11.4. The molecule has 4 rings (SSSR count). The first-order valence-electron chi connectivity index (χ1n) is 12.9. The van der Waals surface area contributed by atoms with Gasteiger partial charge in [0.15, 0.2) is 0 Å². The van der Waals surface area contributed by atoms with Gasteiger partial charge in [-0.15, -0.1) is 0 Å². The van der Waals surface area contributed by atoms with E-state index in [1.54, 1.807) is 0 Å². The maximum Gasteiger partial charge on any atom is 0.320 e. The number of nitrogens with zero attached hydrogens (tertiary/aromatic N) is 1. The zero-order chi connectivity index (χ0) is 24.8. The van der Waals surface area contributed by atoms with Crippen LogP contribution in [0.5, 0.6) is 0 Å². The molecule has 3 N–H and O–H groups in total. The van der Waals surface area contributed by atoms with Crippen LogP contribution in [-0.2, 0) is 0 Å². The number of hydrogen-bond acceptors (Lipinski definition) is 3. The van der Waals surface area contributed by atoms with Gasteiger partial charge in [0.1, 0.15) is 6.17 Å². The molecule has 2 amide bonds. The Kier molecular flexibility index (Phi) is 8.06. The van der Waals surface area contributed by atoms with Crippen molar-refractivity contribution < 1.29 is 4.79 Å². The quantitative estimate of drug-likeness (QED) is 0.295. The molecular formula is C30H38N4O. The largest absolute Gasteiger partial charge is 0.365 e. The summed E-state index contributed by atoms with van der Waals surface area (Å²) in [4.78, 5) is 17.7. The van der Waals surface area contributed by atoms with Crippen LogP contribution in [0.25, 0.3) is 11.3 Å². The van der Waals surface area contributed by atoms with Crippen molar-refractivity contribution in [2.45, 2.75) is 71.4 Å². The molecule has 5 heteroatoms. The van der Waals surface area contributed by atoms with Crippen molar-refractivity contribution >= 4 is 17.4 Å². The Bertz CT molecular complexity index is 1080. The summed E-state index contributed by atoms with van der Waals surface area (Å²) in [6.45, 7) is 8.67. The number of carbonyl (C=O) groups is 1. The highest BCUT2D eigenvalue weighted by Crippen LogP contribution is 2.33. The second-order valence-corrected chi connectivity index (χ2v) is 10.2. The van der Waals surface area contributed by atoms with Crippen LogP contribution >= 0.6 is 0 Å². The number of anilines is 2. The number of rotatable bonds is 8. The molecule has 3 aromatic rings. The van der Waals surface area contributed by atoms with Crippen molar-refractivity contribution in [2.75, 3.05) is 10.6 Å². The molecule has 1 atom stereocenters. The molecule has 0 radical (unpaired) electrons. The highest BCUT2D eigenvalue weighted by atomic mass is 16.2. The lowest BCUT2D eigenvalue weighted by Crippen LogP contribution is -2.47. The van der Waals surface area contributed by atoms with E-state index in [0.29, 0.717) is 17.8 Å². The molecule has 1 aliphatic carbocycles. The minimum Gasteiger partial charge on any atom is -0.365 e. The van der Waals surface area contributed by atoms with Crippen LogP contribution in [0, 0.1) is 5.92 Å². The van der Waals surface area contributed by atoms with Gasteiger partial charge in [-0.05, 0) is 66.0 Å². The Labute approximate surface area is 209 Å². The summed E-state index contributed by atoms with van der Waals surface area (Å²) in [5.41, 5.74) is 6.30. The smallest absolute Gasteiger partial charge is 0.320 e. The van der Waals surface area contributed by atoms with Gasteiger partial charge < -0.3 is 16.0 Å². The molecule has 35 heavy (non-hydrogen) atoms. The highest BCUT2D eigenvalue weighted by Gasteiger charge is 2.27. The van der Waals surface area contributed by atoms with Crippen molar-refractivity contribution in [1.29, 1.82) is 0 Å². The Hall–Kier alpha value is -3.34. The van der Waals surface area contributed by atoms with E-state index in [0.717, 1.165) is 35.5 Å². The first-order valence-corrected chi connectivity index (χ1v) is 12.9. The summed E-state index contributed by atoms with van der Waals surface area (Å²) >= 11 is 0. The van der Waals surface area contributed by atoms with Gasteiger partial charge in [-0.2, -0.15) is 0 Å². The number of nitrogens with one attached hydrogen (secondary N) is 3. The summed E-state index contributed by atoms with van der Waals surface area (Å²) in [7, 11) is 0. The average Bonchev–Trinajstić information content (AvgIpc) is 3.39. The van der Waals surface area contributed by atoms with Crippen molar-refractivity contribution in [3.63, 3.8) is 0 Å². The minimum atomic E-state index is -0.158. The first-order chi connectivity index (χ1) is 16.9. The van der Waals surface area contributed by atoms with Gasteiger partial charge in [-0.3, -0.25) is 4.98 Å². The van der Waals surface area contributed by atoms with E-state index in [1.807, 2.05) is 24.4 Å². The molecule has 1 unspecified atom stereocenters. The fraction of sp³-hybridized carbons (Fsp3) is 0.400. The van der Waals surface area contributed by atoms with Gasteiger partial charge >= 0.3 is 6.03 Å². The molecule has 1 saturated carbocycles. The van der Waals surface area contributed by atoms with Crippen molar-refractivity contribution in [1.82, 2.24) is 10.3 Å². The van der Waals surface area contributed by atoms with Gasteiger partial charge in [-0.25, -0.2) is 4.79 Å². The lowest BCUT2D eigenvalue weighted by Gasteiger charge is -2.28. The van der Waals surface area contributed by atoms with Gasteiger partial charge in [0, 0.05) is 23.1 Å². The molecule has 0 aliphatic heterocycles. The van der Waals surface area contributed by atoms with E-state index in [9.17, 15) is 4.79 Å². The predicted molar refractivity (Wildman–Crippen MR) is 146 cm³/mol. The van der Waals surface area contributed by atoms with Crippen LogP contribution < -0.4 is 16.0 Å². The fourth-order valence-corrected chi connectivity index (χ4v) is 5.00. The lowest BCUT2D eigenvalue weighted by molar-refractivity contribution is 0.245. The number of para-hydroxylation sites is 1. The number of pyridine rings is 1. The molecule has 184 valence electrons. The number of aromatic nitrogens is 1. The van der Waals surface area contributed by atoms with Crippen molar-refractivity contribution in [3.05, 3.63) is 78.0 Å². The summed E-state index contributed by atoms with van der Waals surface area (Å²) in [6, 6.07) is 20.4. The van der Waals surface area contributed by atoms with Crippen LogP contribution in [0.3, 0.4) is 0 Å². The number of benzene rings is 2. The van der Waals surface area contributed by atoms with Gasteiger partial charge in [0.25, 0.3) is 0 Å². The van der Waals surface area contributed by atoms with Crippen LogP contribution in [0.1, 0.15) is 76.3 Å².